The van der Waals surface area contributed by atoms with Crippen LogP contribution in [0.4, 0.5) is 0 Å². The molecule has 0 saturated heterocycles. The van der Waals surface area contributed by atoms with E-state index in [0.717, 1.165) is 12.8 Å². The second-order valence-corrected chi connectivity index (χ2v) is 8.78. The van der Waals surface area contributed by atoms with E-state index < -0.39 is 0 Å². The van der Waals surface area contributed by atoms with Crippen molar-refractivity contribution in [1.29, 1.82) is 0 Å². The Morgan fingerprint density at radius 3 is 1.83 bits per heavy atom. The minimum Gasteiger partial charge on any atom is -0.289 e. The Hall–Kier alpha value is -1.44. The molecule has 128 valence electrons. The fourth-order valence-electron chi connectivity index (χ4n) is 3.35. The standard InChI is InChI=1S/C21H32O2/c1-13(12-20(5,6)7)10-11-21(8,9)17-16(4)18(22)14(2)15(3)19(17)23/h10H,11-12H2,1-9H3/b13-10+. The monoisotopic (exact) mass is 316 g/mol. The molecule has 0 bridgehead atoms. The lowest BCUT2D eigenvalue weighted by Gasteiger charge is -2.31. The van der Waals surface area contributed by atoms with Crippen molar-refractivity contribution in [1.82, 2.24) is 0 Å². The first-order valence-electron chi connectivity index (χ1n) is 8.42. The number of hydrogen-bond acceptors (Lipinski definition) is 2. The molecule has 0 aromatic carbocycles. The third-order valence-corrected chi connectivity index (χ3v) is 4.63. The Bertz CT molecular complexity index is 617. The molecule has 0 fully saturated rings. The molecule has 1 aliphatic carbocycles. The molecule has 0 aromatic rings. The Labute approximate surface area is 141 Å². The van der Waals surface area contributed by atoms with Gasteiger partial charge in [-0.05, 0) is 51.4 Å². The van der Waals surface area contributed by atoms with Crippen LogP contribution in [0.15, 0.2) is 33.9 Å². The summed E-state index contributed by atoms with van der Waals surface area (Å²) in [6, 6.07) is 0. The zero-order valence-corrected chi connectivity index (χ0v) is 16.3. The zero-order valence-electron chi connectivity index (χ0n) is 16.3. The van der Waals surface area contributed by atoms with Crippen LogP contribution in [0, 0.1) is 10.8 Å². The number of carbonyl (C=O) groups is 2. The van der Waals surface area contributed by atoms with Crippen molar-refractivity contribution < 1.29 is 9.59 Å². The van der Waals surface area contributed by atoms with E-state index >= 15 is 0 Å². The van der Waals surface area contributed by atoms with Crippen LogP contribution in [-0.4, -0.2) is 11.6 Å². The molecule has 0 aliphatic heterocycles. The van der Waals surface area contributed by atoms with Gasteiger partial charge in [-0.1, -0.05) is 46.3 Å². The van der Waals surface area contributed by atoms with Gasteiger partial charge in [0, 0.05) is 22.3 Å². The molecular formula is C21H32O2. The zero-order chi connectivity index (χ0) is 18.2. The topological polar surface area (TPSA) is 34.1 Å². The summed E-state index contributed by atoms with van der Waals surface area (Å²) in [6.45, 7) is 18.2. The van der Waals surface area contributed by atoms with E-state index in [4.69, 9.17) is 0 Å². The Morgan fingerprint density at radius 2 is 1.35 bits per heavy atom. The van der Waals surface area contributed by atoms with Crippen molar-refractivity contribution in [3.8, 4) is 0 Å². The fraction of sp³-hybridized carbons (Fsp3) is 0.619. The molecule has 1 rings (SSSR count). The molecule has 2 heteroatoms. The van der Waals surface area contributed by atoms with Crippen molar-refractivity contribution in [3.05, 3.63) is 33.9 Å². The molecule has 0 saturated carbocycles. The Kier molecular flexibility index (Phi) is 5.61. The molecule has 0 spiro atoms. The van der Waals surface area contributed by atoms with Crippen LogP contribution in [0.3, 0.4) is 0 Å². The summed E-state index contributed by atoms with van der Waals surface area (Å²) in [7, 11) is 0. The van der Waals surface area contributed by atoms with Gasteiger partial charge in [0.05, 0.1) is 0 Å². The van der Waals surface area contributed by atoms with Gasteiger partial charge in [0.1, 0.15) is 0 Å². The average molecular weight is 316 g/mol. The molecule has 0 atom stereocenters. The van der Waals surface area contributed by atoms with Crippen LogP contribution >= 0.6 is 0 Å². The van der Waals surface area contributed by atoms with Crippen molar-refractivity contribution >= 4 is 11.6 Å². The minimum atomic E-state index is -0.335. The number of allylic oxidation sites excluding steroid dienone is 6. The first-order chi connectivity index (χ1) is 10.3. The highest BCUT2D eigenvalue weighted by Gasteiger charge is 2.36. The molecule has 0 N–H and O–H groups in total. The van der Waals surface area contributed by atoms with E-state index in [0.29, 0.717) is 22.3 Å². The highest BCUT2D eigenvalue weighted by atomic mass is 16.1. The van der Waals surface area contributed by atoms with Crippen molar-refractivity contribution in [2.24, 2.45) is 10.8 Å². The van der Waals surface area contributed by atoms with Crippen LogP contribution < -0.4 is 0 Å². The van der Waals surface area contributed by atoms with Crippen molar-refractivity contribution in [2.45, 2.75) is 75.2 Å². The van der Waals surface area contributed by atoms with E-state index in [2.05, 4.69) is 47.6 Å². The van der Waals surface area contributed by atoms with Crippen LogP contribution in [0.2, 0.25) is 0 Å². The molecular weight excluding hydrogens is 284 g/mol. The van der Waals surface area contributed by atoms with E-state index in [1.54, 1.807) is 20.8 Å². The van der Waals surface area contributed by atoms with Gasteiger partial charge in [0.15, 0.2) is 11.6 Å². The molecule has 0 unspecified atom stereocenters. The van der Waals surface area contributed by atoms with Gasteiger partial charge in [0.2, 0.25) is 0 Å². The molecule has 2 nitrogen and oxygen atoms in total. The second kappa shape index (κ2) is 6.59. The molecule has 0 radical (unpaired) electrons. The number of rotatable bonds is 4. The summed E-state index contributed by atoms with van der Waals surface area (Å²) in [4.78, 5) is 25.1. The maximum atomic E-state index is 12.7. The number of carbonyl (C=O) groups excluding carboxylic acids is 2. The van der Waals surface area contributed by atoms with Crippen LogP contribution in [0.5, 0.6) is 0 Å². The van der Waals surface area contributed by atoms with Crippen LogP contribution in [-0.2, 0) is 9.59 Å². The molecule has 23 heavy (non-hydrogen) atoms. The second-order valence-electron chi connectivity index (χ2n) is 8.78. The van der Waals surface area contributed by atoms with Gasteiger partial charge in [-0.25, -0.2) is 0 Å². The largest absolute Gasteiger partial charge is 0.289 e. The fourth-order valence-corrected chi connectivity index (χ4v) is 3.35. The third kappa shape index (κ3) is 4.53. The number of Topliss-reactive ketones (excluding diaryl/α,β-unsaturated/α-hetero) is 2. The van der Waals surface area contributed by atoms with Gasteiger partial charge in [-0.2, -0.15) is 0 Å². The summed E-state index contributed by atoms with van der Waals surface area (Å²) in [5, 5.41) is 0. The summed E-state index contributed by atoms with van der Waals surface area (Å²) in [5.41, 5.74) is 3.74. The lowest BCUT2D eigenvalue weighted by atomic mass is 9.71. The molecule has 0 amide bonds. The minimum absolute atomic E-state index is 0.0144. The van der Waals surface area contributed by atoms with E-state index in [-0.39, 0.29) is 22.4 Å². The third-order valence-electron chi connectivity index (χ3n) is 4.63. The molecule has 1 aliphatic rings. The van der Waals surface area contributed by atoms with Gasteiger partial charge in [-0.15, -0.1) is 0 Å². The van der Waals surface area contributed by atoms with Crippen molar-refractivity contribution in [2.75, 3.05) is 0 Å². The van der Waals surface area contributed by atoms with Gasteiger partial charge in [-0.3, -0.25) is 9.59 Å². The van der Waals surface area contributed by atoms with Crippen LogP contribution in [0.1, 0.15) is 75.2 Å². The Morgan fingerprint density at radius 1 is 0.870 bits per heavy atom. The first kappa shape index (κ1) is 19.6. The Balaban J connectivity index is 3.11. The smallest absolute Gasteiger partial charge is 0.186 e. The summed E-state index contributed by atoms with van der Waals surface area (Å²) < 4.78 is 0. The van der Waals surface area contributed by atoms with Crippen LogP contribution in [0.25, 0.3) is 0 Å². The van der Waals surface area contributed by atoms with Gasteiger partial charge < -0.3 is 0 Å². The molecule has 0 aromatic heterocycles. The maximum absolute atomic E-state index is 12.7. The van der Waals surface area contributed by atoms with E-state index in [1.807, 2.05) is 0 Å². The van der Waals surface area contributed by atoms with Gasteiger partial charge in [0.25, 0.3) is 0 Å². The average Bonchev–Trinajstić information content (AvgIpc) is 2.39. The first-order valence-corrected chi connectivity index (χ1v) is 8.42. The van der Waals surface area contributed by atoms with Gasteiger partial charge >= 0.3 is 0 Å². The highest BCUT2D eigenvalue weighted by molar-refractivity contribution is 6.25. The summed E-state index contributed by atoms with van der Waals surface area (Å²) in [5.74, 6) is 0.0482. The van der Waals surface area contributed by atoms with E-state index in [1.165, 1.54) is 5.57 Å². The maximum Gasteiger partial charge on any atom is 0.186 e. The van der Waals surface area contributed by atoms with E-state index in [9.17, 15) is 9.59 Å². The summed E-state index contributed by atoms with van der Waals surface area (Å²) >= 11 is 0. The quantitative estimate of drug-likeness (QED) is 0.500. The SMILES string of the molecule is CC1=C(C)C(=O)C(C(C)(C)C/C=C(\C)CC(C)(C)C)=C(C)C1=O. The lowest BCUT2D eigenvalue weighted by Crippen LogP contribution is -2.29. The van der Waals surface area contributed by atoms with Crippen molar-refractivity contribution in [3.63, 3.8) is 0 Å². The number of ketones is 2. The normalized spacial score (nSPS) is 18.2. The molecule has 0 heterocycles. The predicted octanol–water partition coefficient (Wildman–Crippen LogP) is 5.59. The summed E-state index contributed by atoms with van der Waals surface area (Å²) in [6.07, 6.45) is 4.03. The lowest BCUT2D eigenvalue weighted by molar-refractivity contribution is -0.117. The highest BCUT2D eigenvalue weighted by Crippen LogP contribution is 2.39. The predicted molar refractivity (Wildman–Crippen MR) is 97.3 cm³/mol. The number of hydrogen-bond donors (Lipinski definition) is 0.